The molecule has 156 valence electrons. The zero-order valence-corrected chi connectivity index (χ0v) is 16.7. The van der Waals surface area contributed by atoms with Gasteiger partial charge in [0.05, 0.1) is 6.04 Å². The number of carbonyl (C=O) groups excluding carboxylic acids is 1. The first-order chi connectivity index (χ1) is 14.4. The van der Waals surface area contributed by atoms with E-state index in [1.54, 1.807) is 49.4 Å². The summed E-state index contributed by atoms with van der Waals surface area (Å²) in [7, 11) is 0. The third kappa shape index (κ3) is 5.64. The molecule has 0 aliphatic carbocycles. The fourth-order valence-electron chi connectivity index (χ4n) is 3.01. The van der Waals surface area contributed by atoms with Crippen LogP contribution in [0.15, 0.2) is 66.7 Å². The van der Waals surface area contributed by atoms with Gasteiger partial charge in [0.2, 0.25) is 5.91 Å². The number of ether oxygens (including phenoxy) is 1. The van der Waals surface area contributed by atoms with E-state index < -0.39 is 11.9 Å². The molecule has 0 fully saturated rings. The molecule has 3 aromatic rings. The van der Waals surface area contributed by atoms with Crippen LogP contribution in [-0.4, -0.2) is 11.9 Å². The van der Waals surface area contributed by atoms with Gasteiger partial charge in [0.1, 0.15) is 24.0 Å². The summed E-state index contributed by atoms with van der Waals surface area (Å²) in [4.78, 5) is 11.2. The maximum Gasteiger partial charge on any atom is 0.234 e. The standard InChI is InChI=1S/C24H24F2N2O2/c1-16(24(27)29)28-14-17-10-11-23(30-15-19-7-3-5-9-22(19)26)20(12-17)13-18-6-2-4-8-21(18)25/h2-12,16,28H,13-15H2,1H3,(H2,27,29)/t16-/m1/s1. The van der Waals surface area contributed by atoms with Gasteiger partial charge in [-0.2, -0.15) is 0 Å². The van der Waals surface area contributed by atoms with Crippen molar-refractivity contribution in [2.24, 2.45) is 5.73 Å². The lowest BCUT2D eigenvalue weighted by atomic mass is 10.0. The van der Waals surface area contributed by atoms with E-state index in [1.807, 2.05) is 12.1 Å². The Morgan fingerprint density at radius 2 is 1.60 bits per heavy atom. The van der Waals surface area contributed by atoms with Crippen molar-refractivity contribution < 1.29 is 18.3 Å². The molecule has 1 atom stereocenters. The van der Waals surface area contributed by atoms with Gasteiger partial charge in [-0.3, -0.25) is 4.79 Å². The smallest absolute Gasteiger partial charge is 0.234 e. The first-order valence-corrected chi connectivity index (χ1v) is 9.68. The highest BCUT2D eigenvalue weighted by Crippen LogP contribution is 2.26. The molecule has 0 saturated heterocycles. The number of rotatable bonds is 9. The lowest BCUT2D eigenvalue weighted by Gasteiger charge is -2.16. The van der Waals surface area contributed by atoms with Crippen LogP contribution in [0.1, 0.15) is 29.2 Å². The topological polar surface area (TPSA) is 64.3 Å². The highest BCUT2D eigenvalue weighted by atomic mass is 19.1. The summed E-state index contributed by atoms with van der Waals surface area (Å²) >= 11 is 0. The van der Waals surface area contributed by atoms with Crippen LogP contribution in [0.25, 0.3) is 0 Å². The Balaban J connectivity index is 1.83. The van der Waals surface area contributed by atoms with Gasteiger partial charge in [0, 0.05) is 18.5 Å². The Hall–Kier alpha value is -3.25. The second-order valence-corrected chi connectivity index (χ2v) is 7.10. The molecule has 0 aromatic heterocycles. The number of benzene rings is 3. The molecule has 4 nitrogen and oxygen atoms in total. The summed E-state index contributed by atoms with van der Waals surface area (Å²) in [5.74, 6) is -0.530. The molecule has 0 saturated carbocycles. The minimum atomic E-state index is -0.475. The fraction of sp³-hybridized carbons (Fsp3) is 0.208. The van der Waals surface area contributed by atoms with Crippen molar-refractivity contribution in [1.29, 1.82) is 0 Å². The van der Waals surface area contributed by atoms with Gasteiger partial charge in [-0.25, -0.2) is 8.78 Å². The molecule has 0 heterocycles. The number of nitrogens with two attached hydrogens (primary N) is 1. The molecule has 0 unspecified atom stereocenters. The van der Waals surface area contributed by atoms with Crippen molar-refractivity contribution in [3.8, 4) is 5.75 Å². The van der Waals surface area contributed by atoms with Gasteiger partial charge in [-0.15, -0.1) is 0 Å². The summed E-state index contributed by atoms with van der Waals surface area (Å²) in [5.41, 5.74) is 7.92. The Morgan fingerprint density at radius 1 is 0.967 bits per heavy atom. The molecular weight excluding hydrogens is 386 g/mol. The van der Waals surface area contributed by atoms with Crippen molar-refractivity contribution in [2.45, 2.75) is 32.5 Å². The van der Waals surface area contributed by atoms with E-state index in [9.17, 15) is 13.6 Å². The lowest BCUT2D eigenvalue weighted by Crippen LogP contribution is -2.38. The van der Waals surface area contributed by atoms with Crippen molar-refractivity contribution in [2.75, 3.05) is 0 Å². The molecule has 1 amide bonds. The predicted octanol–water partition coefficient (Wildman–Crippen LogP) is 4.10. The third-order valence-corrected chi connectivity index (χ3v) is 4.84. The first-order valence-electron chi connectivity index (χ1n) is 9.68. The number of halogens is 2. The maximum absolute atomic E-state index is 14.2. The van der Waals surface area contributed by atoms with Crippen molar-refractivity contribution in [1.82, 2.24) is 5.32 Å². The second-order valence-electron chi connectivity index (χ2n) is 7.10. The average Bonchev–Trinajstić information content (AvgIpc) is 2.74. The molecule has 6 heteroatoms. The third-order valence-electron chi connectivity index (χ3n) is 4.84. The molecule has 0 bridgehead atoms. The van der Waals surface area contributed by atoms with E-state index in [1.165, 1.54) is 12.1 Å². The van der Waals surface area contributed by atoms with E-state index in [4.69, 9.17) is 10.5 Å². The maximum atomic E-state index is 14.2. The number of amides is 1. The number of hydrogen-bond donors (Lipinski definition) is 2. The van der Waals surface area contributed by atoms with Crippen molar-refractivity contribution in [3.63, 3.8) is 0 Å². The summed E-state index contributed by atoms with van der Waals surface area (Å²) in [6.45, 7) is 2.17. The van der Waals surface area contributed by atoms with Crippen LogP contribution in [0.5, 0.6) is 5.75 Å². The summed E-state index contributed by atoms with van der Waals surface area (Å²) in [6, 6.07) is 18.0. The Labute approximate surface area is 174 Å². The zero-order chi connectivity index (χ0) is 21.5. The van der Waals surface area contributed by atoms with Crippen LogP contribution >= 0.6 is 0 Å². The first kappa shape index (κ1) is 21.5. The summed E-state index contributed by atoms with van der Waals surface area (Å²) in [5, 5.41) is 3.05. The number of primary amides is 1. The van der Waals surface area contributed by atoms with Crippen molar-refractivity contribution >= 4 is 5.91 Å². The molecule has 0 spiro atoms. The lowest BCUT2D eigenvalue weighted by molar-refractivity contribution is -0.119. The second kappa shape index (κ2) is 9.98. The zero-order valence-electron chi connectivity index (χ0n) is 16.7. The van der Waals surface area contributed by atoms with Crippen LogP contribution in [0.2, 0.25) is 0 Å². The van der Waals surface area contributed by atoms with E-state index in [0.717, 1.165) is 11.1 Å². The Bertz CT molecular complexity index is 1020. The van der Waals surface area contributed by atoms with Gasteiger partial charge >= 0.3 is 0 Å². The quantitative estimate of drug-likeness (QED) is 0.558. The molecule has 30 heavy (non-hydrogen) atoms. The molecule has 0 aliphatic rings. The van der Waals surface area contributed by atoms with Gasteiger partial charge in [-0.05, 0) is 41.8 Å². The number of carbonyl (C=O) groups is 1. The van der Waals surface area contributed by atoms with E-state index in [0.29, 0.717) is 29.8 Å². The van der Waals surface area contributed by atoms with Gasteiger partial charge in [0.25, 0.3) is 0 Å². The summed E-state index contributed by atoms with van der Waals surface area (Å²) < 4.78 is 34.0. The van der Waals surface area contributed by atoms with Crippen LogP contribution < -0.4 is 15.8 Å². The Kier molecular flexibility index (Phi) is 7.14. The highest BCUT2D eigenvalue weighted by Gasteiger charge is 2.12. The minimum absolute atomic E-state index is 0.0627. The Morgan fingerprint density at radius 3 is 2.23 bits per heavy atom. The summed E-state index contributed by atoms with van der Waals surface area (Å²) in [6.07, 6.45) is 0.318. The van der Waals surface area contributed by atoms with Gasteiger partial charge < -0.3 is 15.8 Å². The number of nitrogens with one attached hydrogen (secondary N) is 1. The minimum Gasteiger partial charge on any atom is -0.489 e. The fourth-order valence-corrected chi connectivity index (χ4v) is 3.01. The molecular formula is C24H24F2N2O2. The SMILES string of the molecule is C[C@@H](NCc1ccc(OCc2ccccc2F)c(Cc2ccccc2F)c1)C(N)=O. The molecule has 3 aromatic carbocycles. The van der Waals surface area contributed by atoms with E-state index in [2.05, 4.69) is 5.32 Å². The van der Waals surface area contributed by atoms with E-state index >= 15 is 0 Å². The van der Waals surface area contributed by atoms with Crippen LogP contribution in [-0.2, 0) is 24.4 Å². The monoisotopic (exact) mass is 410 g/mol. The molecule has 0 radical (unpaired) electrons. The van der Waals surface area contributed by atoms with Crippen molar-refractivity contribution in [3.05, 3.63) is 101 Å². The molecule has 3 N–H and O–H groups in total. The average molecular weight is 410 g/mol. The van der Waals surface area contributed by atoms with Gasteiger partial charge in [-0.1, -0.05) is 48.5 Å². The van der Waals surface area contributed by atoms with Crippen LogP contribution in [0.3, 0.4) is 0 Å². The predicted molar refractivity (Wildman–Crippen MR) is 112 cm³/mol. The molecule has 0 aliphatic heterocycles. The van der Waals surface area contributed by atoms with E-state index in [-0.39, 0.29) is 18.2 Å². The van der Waals surface area contributed by atoms with Crippen LogP contribution in [0.4, 0.5) is 8.78 Å². The number of hydrogen-bond acceptors (Lipinski definition) is 3. The van der Waals surface area contributed by atoms with Crippen LogP contribution in [0, 0.1) is 11.6 Å². The van der Waals surface area contributed by atoms with Gasteiger partial charge in [0.15, 0.2) is 0 Å². The normalized spacial score (nSPS) is 11.8. The molecule has 3 rings (SSSR count). The highest BCUT2D eigenvalue weighted by molar-refractivity contribution is 5.79. The largest absolute Gasteiger partial charge is 0.489 e.